The second-order valence-corrected chi connectivity index (χ2v) is 7.77. The van der Waals surface area contributed by atoms with Gasteiger partial charge in [-0.2, -0.15) is 0 Å². The molecule has 0 spiro atoms. The second kappa shape index (κ2) is 7.51. The fourth-order valence-electron chi connectivity index (χ4n) is 3.64. The number of carboxylic acids is 1. The Hall–Kier alpha value is -1.96. The molecular weight excluding hydrogens is 326 g/mol. The molecule has 2 amide bonds. The van der Waals surface area contributed by atoms with Crippen LogP contribution in [0.2, 0.25) is 0 Å². The zero-order valence-corrected chi connectivity index (χ0v) is 15.5. The van der Waals surface area contributed by atoms with Gasteiger partial charge in [0.2, 0.25) is 11.8 Å². The van der Waals surface area contributed by atoms with Crippen LogP contribution in [0.5, 0.6) is 0 Å². The Bertz CT molecular complexity index is 553. The van der Waals surface area contributed by atoms with Crippen LogP contribution in [-0.4, -0.2) is 46.8 Å². The van der Waals surface area contributed by atoms with E-state index in [1.807, 2.05) is 6.92 Å². The second-order valence-electron chi connectivity index (χ2n) is 7.77. The number of carbonyl (C=O) groups excluding carboxylic acids is 3. The molecule has 1 rings (SSSR count). The molecule has 8 nitrogen and oxygen atoms in total. The molecule has 1 fully saturated rings. The third kappa shape index (κ3) is 4.36. The van der Waals surface area contributed by atoms with Gasteiger partial charge in [0, 0.05) is 10.8 Å². The summed E-state index contributed by atoms with van der Waals surface area (Å²) in [6, 6.07) is -2.38. The first-order chi connectivity index (χ1) is 11.4. The normalized spacial score (nSPS) is 21.0. The van der Waals surface area contributed by atoms with Gasteiger partial charge in [0.05, 0.1) is 18.5 Å². The maximum absolute atomic E-state index is 12.6. The first-order valence-electron chi connectivity index (χ1n) is 8.48. The average Bonchev–Trinajstić information content (AvgIpc) is 2.49. The Morgan fingerprint density at radius 3 is 2.12 bits per heavy atom. The van der Waals surface area contributed by atoms with Gasteiger partial charge in [-0.3, -0.25) is 19.2 Å². The van der Waals surface area contributed by atoms with Crippen LogP contribution in [0.25, 0.3) is 0 Å². The molecule has 1 saturated carbocycles. The molecule has 0 radical (unpaired) electrons. The summed E-state index contributed by atoms with van der Waals surface area (Å²) in [4.78, 5) is 47.4. The summed E-state index contributed by atoms with van der Waals surface area (Å²) in [6.45, 7) is 8.98. The molecule has 1 aliphatic rings. The molecule has 1 aliphatic carbocycles. The molecule has 2 atom stereocenters. The van der Waals surface area contributed by atoms with Crippen LogP contribution in [0.15, 0.2) is 0 Å². The van der Waals surface area contributed by atoms with Crippen LogP contribution < -0.4 is 16.4 Å². The number of nitrogens with two attached hydrogens (primary N) is 1. The van der Waals surface area contributed by atoms with Gasteiger partial charge in [0.25, 0.3) is 0 Å². The lowest BCUT2D eigenvalue weighted by molar-refractivity contribution is -0.160. The molecule has 0 aromatic rings. The average molecular weight is 355 g/mol. The third-order valence-corrected chi connectivity index (χ3v) is 4.84. The highest BCUT2D eigenvalue weighted by atomic mass is 16.4. The van der Waals surface area contributed by atoms with Gasteiger partial charge in [-0.25, -0.2) is 0 Å². The Morgan fingerprint density at radius 1 is 1.16 bits per heavy atom. The van der Waals surface area contributed by atoms with Crippen molar-refractivity contribution in [3.8, 4) is 0 Å². The van der Waals surface area contributed by atoms with Crippen LogP contribution in [0.3, 0.4) is 0 Å². The maximum Gasteiger partial charge on any atom is 0.305 e. The van der Waals surface area contributed by atoms with Crippen molar-refractivity contribution >= 4 is 23.6 Å². The molecule has 0 aromatic carbocycles. The first kappa shape index (κ1) is 21.1. The van der Waals surface area contributed by atoms with Crippen molar-refractivity contribution in [2.45, 2.75) is 72.0 Å². The summed E-state index contributed by atoms with van der Waals surface area (Å²) in [6.07, 6.45) is 0.519. The summed E-state index contributed by atoms with van der Waals surface area (Å²) in [5, 5.41) is 14.1. The van der Waals surface area contributed by atoms with E-state index in [0.29, 0.717) is 12.8 Å². The molecule has 8 heteroatoms. The highest BCUT2D eigenvalue weighted by Crippen LogP contribution is 2.50. The molecule has 0 unspecified atom stereocenters. The first-order valence-corrected chi connectivity index (χ1v) is 8.48. The quantitative estimate of drug-likeness (QED) is 0.490. The van der Waals surface area contributed by atoms with Gasteiger partial charge >= 0.3 is 5.97 Å². The van der Waals surface area contributed by atoms with Crippen molar-refractivity contribution in [2.24, 2.45) is 16.6 Å². The number of amides is 2. The molecule has 25 heavy (non-hydrogen) atoms. The summed E-state index contributed by atoms with van der Waals surface area (Å²) in [5.74, 6) is -2.18. The van der Waals surface area contributed by atoms with Gasteiger partial charge in [0.15, 0.2) is 0 Å². The fraction of sp³-hybridized carbons (Fsp3) is 0.765. The van der Waals surface area contributed by atoms with Crippen LogP contribution >= 0.6 is 0 Å². The van der Waals surface area contributed by atoms with E-state index in [1.165, 1.54) is 0 Å². The highest BCUT2D eigenvalue weighted by molar-refractivity contribution is 5.99. The van der Waals surface area contributed by atoms with E-state index in [-0.39, 0.29) is 11.8 Å². The topological polar surface area (TPSA) is 139 Å². The number of Topliss-reactive ketones (excluding diaryl/α,β-unsaturated/α-hetero) is 1. The van der Waals surface area contributed by atoms with E-state index in [4.69, 9.17) is 10.8 Å². The molecule has 0 aromatic heterocycles. The van der Waals surface area contributed by atoms with E-state index >= 15 is 0 Å². The van der Waals surface area contributed by atoms with Gasteiger partial charge < -0.3 is 21.5 Å². The van der Waals surface area contributed by atoms with E-state index in [0.717, 1.165) is 0 Å². The predicted octanol–water partition coefficient (Wildman–Crippen LogP) is 0.193. The van der Waals surface area contributed by atoms with Crippen LogP contribution in [0.4, 0.5) is 0 Å². The SMILES string of the molecule is CCC[C@@H](NC(=O)[C@@H](N)CC(=O)O)C(=O)NC1C(C)(C)C(=O)C1(C)C. The molecule has 0 aliphatic heterocycles. The smallest absolute Gasteiger partial charge is 0.305 e. The van der Waals surface area contributed by atoms with Crippen molar-refractivity contribution in [1.82, 2.24) is 10.6 Å². The fourth-order valence-corrected chi connectivity index (χ4v) is 3.64. The van der Waals surface area contributed by atoms with Crippen molar-refractivity contribution in [3.63, 3.8) is 0 Å². The number of hydrogen-bond acceptors (Lipinski definition) is 5. The maximum atomic E-state index is 12.6. The monoisotopic (exact) mass is 355 g/mol. The standard InChI is InChI=1S/C17H29N3O5/c1-6-7-10(19-12(23)9(18)8-11(21)22)13(24)20-14-16(2,3)15(25)17(14,4)5/h9-10,14H,6-8,18H2,1-5H3,(H,19,23)(H,20,24)(H,21,22)/t9-,10+/m0/s1. The summed E-state index contributed by atoms with van der Waals surface area (Å²) < 4.78 is 0. The van der Waals surface area contributed by atoms with Crippen LogP contribution in [0, 0.1) is 10.8 Å². The number of carbonyl (C=O) groups is 4. The minimum Gasteiger partial charge on any atom is -0.481 e. The minimum atomic E-state index is -1.22. The number of aliphatic carboxylic acids is 1. The van der Waals surface area contributed by atoms with E-state index in [9.17, 15) is 19.2 Å². The number of rotatable bonds is 8. The summed E-state index contributed by atoms with van der Waals surface area (Å²) in [5.41, 5.74) is 4.20. The van der Waals surface area contributed by atoms with Crippen molar-refractivity contribution in [3.05, 3.63) is 0 Å². The van der Waals surface area contributed by atoms with Gasteiger partial charge in [-0.15, -0.1) is 0 Å². The molecule has 0 heterocycles. The molecular formula is C17H29N3O5. The summed E-state index contributed by atoms with van der Waals surface area (Å²) >= 11 is 0. The number of hydrogen-bond donors (Lipinski definition) is 4. The van der Waals surface area contributed by atoms with Crippen molar-refractivity contribution in [2.75, 3.05) is 0 Å². The number of nitrogens with one attached hydrogen (secondary N) is 2. The Labute approximate surface area is 147 Å². The number of carboxylic acid groups (broad SMARTS) is 1. The van der Waals surface area contributed by atoms with E-state index in [1.54, 1.807) is 27.7 Å². The van der Waals surface area contributed by atoms with E-state index < -0.39 is 47.1 Å². The Morgan fingerprint density at radius 2 is 1.68 bits per heavy atom. The number of ketones is 1. The molecule has 5 N–H and O–H groups in total. The summed E-state index contributed by atoms with van der Waals surface area (Å²) in [7, 11) is 0. The predicted molar refractivity (Wildman–Crippen MR) is 91.6 cm³/mol. The van der Waals surface area contributed by atoms with Crippen LogP contribution in [-0.2, 0) is 19.2 Å². The lowest BCUT2D eigenvalue weighted by atomic mass is 9.51. The van der Waals surface area contributed by atoms with Gasteiger partial charge in [-0.1, -0.05) is 41.0 Å². The van der Waals surface area contributed by atoms with Gasteiger partial charge in [-0.05, 0) is 6.42 Å². The van der Waals surface area contributed by atoms with E-state index in [2.05, 4.69) is 10.6 Å². The largest absolute Gasteiger partial charge is 0.481 e. The zero-order chi connectivity index (χ0) is 19.6. The Balaban J connectivity index is 2.79. The highest BCUT2D eigenvalue weighted by Gasteiger charge is 2.62. The van der Waals surface area contributed by atoms with Crippen LogP contribution in [0.1, 0.15) is 53.9 Å². The Kier molecular flexibility index (Phi) is 6.33. The lowest BCUT2D eigenvalue weighted by Gasteiger charge is -2.55. The molecule has 0 bridgehead atoms. The van der Waals surface area contributed by atoms with Crippen molar-refractivity contribution < 1.29 is 24.3 Å². The molecule has 142 valence electrons. The molecule has 0 saturated heterocycles. The third-order valence-electron chi connectivity index (χ3n) is 4.84. The zero-order valence-electron chi connectivity index (χ0n) is 15.5. The lowest BCUT2D eigenvalue weighted by Crippen LogP contribution is -2.72. The van der Waals surface area contributed by atoms with Crippen molar-refractivity contribution in [1.29, 1.82) is 0 Å². The minimum absolute atomic E-state index is 0.0739. The van der Waals surface area contributed by atoms with Gasteiger partial charge in [0.1, 0.15) is 11.8 Å².